The first kappa shape index (κ1) is 27.5. The zero-order chi connectivity index (χ0) is 26.9. The summed E-state index contributed by atoms with van der Waals surface area (Å²) in [6.45, 7) is 2.67. The summed E-state index contributed by atoms with van der Waals surface area (Å²) in [5.74, 6) is -0.886. The average Bonchev–Trinajstić information content (AvgIpc) is 2.87. The Morgan fingerprint density at radius 2 is 1.27 bits per heavy atom. The van der Waals surface area contributed by atoms with Crippen LogP contribution in [0.5, 0.6) is 0 Å². The smallest absolute Gasteiger partial charge is 0.269 e. The number of rotatable bonds is 11. The second-order valence-corrected chi connectivity index (χ2v) is 8.78. The third-order valence-corrected chi connectivity index (χ3v) is 5.83. The second kappa shape index (κ2) is 12.7. The highest BCUT2D eigenvalue weighted by Gasteiger charge is 2.30. The fraction of sp³-hybridized carbons (Fsp3) is 0.259. The van der Waals surface area contributed by atoms with Gasteiger partial charge in [-0.05, 0) is 55.8 Å². The normalized spacial score (nSPS) is 12.6. The van der Waals surface area contributed by atoms with Crippen molar-refractivity contribution in [2.24, 2.45) is 0 Å². The van der Waals surface area contributed by atoms with Gasteiger partial charge in [0.2, 0.25) is 11.8 Å². The Hall–Kier alpha value is -4.12. The molecule has 3 aromatic carbocycles. The molecule has 0 bridgehead atoms. The highest BCUT2D eigenvalue weighted by molar-refractivity contribution is 5.94. The lowest BCUT2D eigenvalue weighted by Crippen LogP contribution is -2.49. The molecule has 2 atom stereocenters. The molecule has 0 saturated carbocycles. The number of carbonyl (C=O) groups excluding carboxylic acids is 2. The second-order valence-electron chi connectivity index (χ2n) is 8.78. The van der Waals surface area contributed by atoms with Crippen LogP contribution in [0.3, 0.4) is 0 Å². The van der Waals surface area contributed by atoms with Crippen molar-refractivity contribution in [1.29, 1.82) is 0 Å². The maximum atomic E-state index is 12.9. The number of nitro groups is 1. The van der Waals surface area contributed by atoms with Crippen LogP contribution >= 0.6 is 0 Å². The van der Waals surface area contributed by atoms with E-state index in [4.69, 9.17) is 0 Å². The van der Waals surface area contributed by atoms with Crippen molar-refractivity contribution in [3.8, 4) is 0 Å². The van der Waals surface area contributed by atoms with Crippen LogP contribution in [0.2, 0.25) is 0 Å². The Kier molecular flexibility index (Phi) is 9.45. The van der Waals surface area contributed by atoms with Crippen LogP contribution in [0.1, 0.15) is 22.8 Å². The quantitative estimate of drug-likeness (QED) is 0.231. The van der Waals surface area contributed by atoms with Gasteiger partial charge in [0.05, 0.1) is 36.8 Å². The minimum Gasteiger partial charge on any atom is -0.395 e. The Balaban J connectivity index is 1.80. The number of non-ortho nitro benzene ring substituents is 1. The SMILES string of the molecule is Cc1ccc(NC(=O)CN(CC(=O)Nc2ccc(C)cc2)[C@@H](CO)[C@@H](O)c2ccc([N+](=O)[O-])cc2)cc1. The zero-order valence-electron chi connectivity index (χ0n) is 20.6. The molecule has 0 unspecified atom stereocenters. The molecule has 194 valence electrons. The number of anilines is 2. The number of nitro benzene ring substituents is 1. The van der Waals surface area contributed by atoms with Gasteiger partial charge >= 0.3 is 0 Å². The summed E-state index contributed by atoms with van der Waals surface area (Å²) in [7, 11) is 0. The first-order valence-electron chi connectivity index (χ1n) is 11.7. The minimum atomic E-state index is -1.33. The highest BCUT2D eigenvalue weighted by atomic mass is 16.6. The lowest BCUT2D eigenvalue weighted by molar-refractivity contribution is -0.384. The summed E-state index contributed by atoms with van der Waals surface area (Å²) in [6, 6.07) is 18.6. The van der Waals surface area contributed by atoms with Gasteiger partial charge < -0.3 is 20.8 Å². The van der Waals surface area contributed by atoms with Gasteiger partial charge in [-0.15, -0.1) is 0 Å². The molecule has 0 heterocycles. The van der Waals surface area contributed by atoms with Crippen molar-refractivity contribution in [3.63, 3.8) is 0 Å². The Morgan fingerprint density at radius 3 is 1.65 bits per heavy atom. The van der Waals surface area contributed by atoms with Gasteiger partial charge in [-0.1, -0.05) is 35.4 Å². The molecule has 10 nitrogen and oxygen atoms in total. The van der Waals surface area contributed by atoms with E-state index >= 15 is 0 Å². The molecule has 0 aromatic heterocycles. The molecule has 10 heteroatoms. The Bertz CT molecular complexity index is 1150. The zero-order valence-corrected chi connectivity index (χ0v) is 20.6. The maximum absolute atomic E-state index is 12.9. The van der Waals surface area contributed by atoms with Crippen molar-refractivity contribution in [1.82, 2.24) is 4.90 Å². The van der Waals surface area contributed by atoms with E-state index in [2.05, 4.69) is 10.6 Å². The van der Waals surface area contributed by atoms with E-state index in [1.54, 1.807) is 24.3 Å². The molecule has 0 spiro atoms. The lowest BCUT2D eigenvalue weighted by Gasteiger charge is -2.33. The van der Waals surface area contributed by atoms with E-state index < -0.39 is 35.5 Å². The number of amides is 2. The first-order valence-corrected chi connectivity index (χ1v) is 11.7. The van der Waals surface area contributed by atoms with Crippen molar-refractivity contribution in [2.45, 2.75) is 26.0 Å². The molecular weight excluding hydrogens is 476 g/mol. The van der Waals surface area contributed by atoms with Crippen LogP contribution in [0.4, 0.5) is 17.1 Å². The monoisotopic (exact) mass is 506 g/mol. The Labute approximate surface area is 214 Å². The largest absolute Gasteiger partial charge is 0.395 e. The molecule has 3 rings (SSSR count). The predicted molar refractivity (Wildman–Crippen MR) is 140 cm³/mol. The number of benzene rings is 3. The summed E-state index contributed by atoms with van der Waals surface area (Å²) in [5.41, 5.74) is 3.33. The molecule has 2 amide bonds. The van der Waals surface area contributed by atoms with E-state index in [1.165, 1.54) is 29.2 Å². The molecule has 0 aliphatic rings. The van der Waals surface area contributed by atoms with Crippen molar-refractivity contribution in [2.75, 3.05) is 30.3 Å². The summed E-state index contributed by atoms with van der Waals surface area (Å²) in [5, 5.41) is 37.7. The third kappa shape index (κ3) is 7.94. The standard InChI is InChI=1S/C27H30N4O6/c1-18-3-9-21(10-4-18)28-25(33)15-30(16-26(34)29-22-11-5-19(2)6-12-22)24(17-32)27(35)20-7-13-23(14-8-20)31(36)37/h3-14,24,27,32,35H,15-17H2,1-2H3,(H,28,33)(H,29,34)/t24-,27-/m0/s1. The maximum Gasteiger partial charge on any atom is 0.269 e. The van der Waals surface area contributed by atoms with E-state index in [1.807, 2.05) is 38.1 Å². The molecule has 0 saturated heterocycles. The van der Waals surface area contributed by atoms with Crippen molar-refractivity contribution < 1.29 is 24.7 Å². The fourth-order valence-electron chi connectivity index (χ4n) is 3.76. The molecule has 0 aliphatic heterocycles. The van der Waals surface area contributed by atoms with Gasteiger partial charge in [-0.2, -0.15) is 0 Å². The molecule has 0 aliphatic carbocycles. The number of hydrogen-bond acceptors (Lipinski definition) is 7. The number of nitrogens with zero attached hydrogens (tertiary/aromatic N) is 2. The fourth-order valence-corrected chi connectivity index (χ4v) is 3.76. The molecule has 37 heavy (non-hydrogen) atoms. The predicted octanol–water partition coefficient (Wildman–Crippen LogP) is 3.19. The molecule has 3 aromatic rings. The third-order valence-electron chi connectivity index (χ3n) is 5.83. The van der Waals surface area contributed by atoms with E-state index in [9.17, 15) is 29.9 Å². The molecule has 0 fully saturated rings. The van der Waals surface area contributed by atoms with Gasteiger partial charge in [-0.25, -0.2) is 0 Å². The van der Waals surface area contributed by atoms with Crippen LogP contribution in [-0.4, -0.2) is 57.6 Å². The van der Waals surface area contributed by atoms with Gasteiger partial charge in [0.25, 0.3) is 5.69 Å². The molecule has 4 N–H and O–H groups in total. The topological polar surface area (TPSA) is 145 Å². The average molecular weight is 507 g/mol. The van der Waals surface area contributed by atoms with Crippen LogP contribution in [0.15, 0.2) is 72.8 Å². The summed E-state index contributed by atoms with van der Waals surface area (Å²) < 4.78 is 0. The summed E-state index contributed by atoms with van der Waals surface area (Å²) >= 11 is 0. The van der Waals surface area contributed by atoms with E-state index in [0.29, 0.717) is 16.9 Å². The van der Waals surface area contributed by atoms with Gasteiger partial charge in [0, 0.05) is 23.5 Å². The number of aliphatic hydroxyl groups excluding tert-OH is 2. The van der Waals surface area contributed by atoms with Crippen molar-refractivity contribution in [3.05, 3.63) is 99.6 Å². The van der Waals surface area contributed by atoms with Crippen molar-refractivity contribution >= 4 is 28.9 Å². The van der Waals surface area contributed by atoms with Gasteiger partial charge in [0.1, 0.15) is 0 Å². The Morgan fingerprint density at radius 1 is 0.838 bits per heavy atom. The van der Waals surface area contributed by atoms with Crippen LogP contribution in [-0.2, 0) is 9.59 Å². The molecule has 0 radical (unpaired) electrons. The molecular formula is C27H30N4O6. The number of aryl methyl sites for hydroxylation is 2. The number of carbonyl (C=O) groups is 2. The first-order chi connectivity index (χ1) is 17.7. The lowest BCUT2D eigenvalue weighted by atomic mass is 10.0. The number of hydrogen-bond donors (Lipinski definition) is 4. The van der Waals surface area contributed by atoms with E-state index in [0.717, 1.165) is 11.1 Å². The summed E-state index contributed by atoms with van der Waals surface area (Å²) in [4.78, 5) is 37.5. The number of nitrogens with one attached hydrogen (secondary N) is 2. The minimum absolute atomic E-state index is 0.150. The summed E-state index contributed by atoms with van der Waals surface area (Å²) in [6.07, 6.45) is -1.33. The number of aliphatic hydroxyl groups is 2. The highest BCUT2D eigenvalue weighted by Crippen LogP contribution is 2.24. The van der Waals surface area contributed by atoms with Gasteiger partial charge in [-0.3, -0.25) is 24.6 Å². The van der Waals surface area contributed by atoms with Gasteiger partial charge in [0.15, 0.2) is 0 Å². The van der Waals surface area contributed by atoms with E-state index in [-0.39, 0.29) is 18.8 Å². The van der Waals surface area contributed by atoms with Crippen LogP contribution in [0.25, 0.3) is 0 Å². The van der Waals surface area contributed by atoms with Crippen LogP contribution < -0.4 is 10.6 Å². The van der Waals surface area contributed by atoms with Crippen LogP contribution in [0, 0.1) is 24.0 Å².